The number of rotatable bonds is 5. The highest BCUT2D eigenvalue weighted by Gasteiger charge is 2.26. The quantitative estimate of drug-likeness (QED) is 0.854. The van der Waals surface area contributed by atoms with Crippen LogP contribution in [0.25, 0.3) is 0 Å². The highest BCUT2D eigenvalue weighted by atomic mass is 16.4. The van der Waals surface area contributed by atoms with Gasteiger partial charge in [-0.3, -0.25) is 14.5 Å². The van der Waals surface area contributed by atoms with E-state index in [1.54, 1.807) is 12.1 Å². The number of nitrogens with two attached hydrogens (primary N) is 1. The van der Waals surface area contributed by atoms with Gasteiger partial charge in [0.1, 0.15) is 0 Å². The Balaban J connectivity index is 2.09. The van der Waals surface area contributed by atoms with Crippen LogP contribution in [0.3, 0.4) is 0 Å². The summed E-state index contributed by atoms with van der Waals surface area (Å²) < 4.78 is 0. The van der Waals surface area contributed by atoms with E-state index in [0.717, 1.165) is 37.1 Å². The molecule has 1 heterocycles. The van der Waals surface area contributed by atoms with Crippen molar-refractivity contribution in [1.82, 2.24) is 4.90 Å². The second-order valence-electron chi connectivity index (χ2n) is 5.37. The van der Waals surface area contributed by atoms with Crippen LogP contribution < -0.4 is 5.73 Å². The van der Waals surface area contributed by atoms with E-state index in [1.807, 2.05) is 13.0 Å². The highest BCUT2D eigenvalue weighted by molar-refractivity contribution is 5.93. The van der Waals surface area contributed by atoms with Crippen LogP contribution in [0.2, 0.25) is 0 Å². The number of aryl methyl sites for hydroxylation is 1. The van der Waals surface area contributed by atoms with Gasteiger partial charge in [0.2, 0.25) is 5.91 Å². The molecule has 0 radical (unpaired) electrons. The molecule has 0 saturated carbocycles. The van der Waals surface area contributed by atoms with Gasteiger partial charge in [-0.25, -0.2) is 0 Å². The van der Waals surface area contributed by atoms with Crippen molar-refractivity contribution in [2.75, 3.05) is 6.54 Å². The third kappa shape index (κ3) is 3.36. The molecule has 3 N–H and O–H groups in total. The molecule has 1 saturated heterocycles. The average Bonchev–Trinajstić information content (AvgIpc) is 2.78. The van der Waals surface area contributed by atoms with Gasteiger partial charge in [-0.05, 0) is 49.6 Å². The zero-order valence-electron chi connectivity index (χ0n) is 11.6. The molecule has 1 aromatic rings. The Labute approximate surface area is 118 Å². The van der Waals surface area contributed by atoms with Gasteiger partial charge in [0.25, 0.3) is 0 Å². The van der Waals surface area contributed by atoms with E-state index in [1.165, 1.54) is 0 Å². The van der Waals surface area contributed by atoms with Crippen molar-refractivity contribution < 1.29 is 14.7 Å². The van der Waals surface area contributed by atoms with Crippen molar-refractivity contribution in [1.29, 1.82) is 0 Å². The molecule has 0 spiro atoms. The van der Waals surface area contributed by atoms with Gasteiger partial charge in [-0.2, -0.15) is 0 Å². The zero-order valence-corrected chi connectivity index (χ0v) is 11.6. The molecule has 108 valence electrons. The van der Waals surface area contributed by atoms with Crippen molar-refractivity contribution in [3.05, 3.63) is 34.9 Å². The predicted molar refractivity (Wildman–Crippen MR) is 75.4 cm³/mol. The van der Waals surface area contributed by atoms with E-state index in [4.69, 9.17) is 10.8 Å². The molecule has 0 aromatic heterocycles. The number of primary amides is 1. The minimum absolute atomic E-state index is 0.114. The van der Waals surface area contributed by atoms with Crippen LogP contribution in [0.15, 0.2) is 18.2 Å². The second-order valence-corrected chi connectivity index (χ2v) is 5.37. The Hall–Kier alpha value is -1.88. The smallest absolute Gasteiger partial charge is 0.304 e. The van der Waals surface area contributed by atoms with E-state index in [9.17, 15) is 9.59 Å². The Kier molecular flexibility index (Phi) is 4.39. The predicted octanol–water partition coefficient (Wildman–Crippen LogP) is 1.53. The first-order chi connectivity index (χ1) is 9.47. The van der Waals surface area contributed by atoms with Gasteiger partial charge in [-0.1, -0.05) is 6.07 Å². The summed E-state index contributed by atoms with van der Waals surface area (Å²) in [5.74, 6) is -1.17. The first-order valence-corrected chi connectivity index (χ1v) is 6.82. The molecule has 20 heavy (non-hydrogen) atoms. The van der Waals surface area contributed by atoms with Crippen molar-refractivity contribution in [3.8, 4) is 0 Å². The third-order valence-electron chi connectivity index (χ3n) is 3.91. The number of benzene rings is 1. The number of carboxylic acid groups (broad SMARTS) is 1. The lowest BCUT2D eigenvalue weighted by Crippen LogP contribution is -2.31. The van der Waals surface area contributed by atoms with Crippen molar-refractivity contribution in [3.63, 3.8) is 0 Å². The maximum atomic E-state index is 11.1. The van der Waals surface area contributed by atoms with E-state index in [-0.39, 0.29) is 12.5 Å². The lowest BCUT2D eigenvalue weighted by molar-refractivity contribution is -0.138. The van der Waals surface area contributed by atoms with Crippen LogP contribution in [0.4, 0.5) is 0 Å². The number of carboxylic acids is 1. The monoisotopic (exact) mass is 276 g/mol. The lowest BCUT2D eigenvalue weighted by atomic mass is 10.0. The summed E-state index contributed by atoms with van der Waals surface area (Å²) in [6, 6.07) is 5.54. The Morgan fingerprint density at radius 1 is 1.45 bits per heavy atom. The molecule has 1 aliphatic rings. The Morgan fingerprint density at radius 2 is 2.20 bits per heavy atom. The first kappa shape index (κ1) is 14.5. The van der Waals surface area contributed by atoms with Gasteiger partial charge in [0.15, 0.2) is 0 Å². The molecule has 1 unspecified atom stereocenters. The number of likely N-dealkylation sites (tertiary alicyclic amines) is 1. The number of amides is 1. The maximum absolute atomic E-state index is 11.1. The fraction of sp³-hybridized carbons (Fsp3) is 0.467. The molecule has 0 bridgehead atoms. The van der Waals surface area contributed by atoms with Crippen molar-refractivity contribution >= 4 is 11.9 Å². The van der Waals surface area contributed by atoms with Crippen LogP contribution >= 0.6 is 0 Å². The van der Waals surface area contributed by atoms with Gasteiger partial charge in [-0.15, -0.1) is 0 Å². The summed E-state index contributed by atoms with van der Waals surface area (Å²) in [7, 11) is 0. The summed E-state index contributed by atoms with van der Waals surface area (Å²) >= 11 is 0. The van der Waals surface area contributed by atoms with Crippen LogP contribution in [0, 0.1) is 6.92 Å². The maximum Gasteiger partial charge on any atom is 0.304 e. The number of nitrogens with zero attached hydrogens (tertiary/aromatic N) is 1. The molecule has 0 aliphatic carbocycles. The number of hydrogen-bond acceptors (Lipinski definition) is 3. The fourth-order valence-electron chi connectivity index (χ4n) is 2.78. The fourth-order valence-corrected chi connectivity index (χ4v) is 2.78. The SMILES string of the molecule is Cc1cc(C(N)=O)ccc1CN1CCCC1CC(=O)O. The van der Waals surface area contributed by atoms with Crippen LogP contribution in [0.1, 0.15) is 40.7 Å². The molecule has 5 heteroatoms. The molecule has 1 aromatic carbocycles. The molecule has 2 rings (SSSR count). The number of aliphatic carboxylic acids is 1. The summed E-state index contributed by atoms with van der Waals surface area (Å²) in [5, 5.41) is 8.93. The molecule has 1 amide bonds. The van der Waals surface area contributed by atoms with Gasteiger partial charge in [0.05, 0.1) is 6.42 Å². The van der Waals surface area contributed by atoms with Crippen LogP contribution in [0.5, 0.6) is 0 Å². The van der Waals surface area contributed by atoms with E-state index >= 15 is 0 Å². The molecule has 1 atom stereocenters. The number of hydrogen-bond donors (Lipinski definition) is 2. The van der Waals surface area contributed by atoms with Gasteiger partial charge >= 0.3 is 5.97 Å². The largest absolute Gasteiger partial charge is 0.481 e. The van der Waals surface area contributed by atoms with Gasteiger partial charge in [0, 0.05) is 18.2 Å². The topological polar surface area (TPSA) is 83.6 Å². The first-order valence-electron chi connectivity index (χ1n) is 6.82. The number of carbonyl (C=O) groups excluding carboxylic acids is 1. The van der Waals surface area contributed by atoms with Gasteiger partial charge < -0.3 is 10.8 Å². The summed E-state index contributed by atoms with van der Waals surface area (Å²) in [6.07, 6.45) is 2.17. The summed E-state index contributed by atoms with van der Waals surface area (Å²) in [4.78, 5) is 24.2. The Morgan fingerprint density at radius 3 is 2.80 bits per heavy atom. The molecule has 1 aliphatic heterocycles. The van der Waals surface area contributed by atoms with E-state index in [0.29, 0.717) is 5.56 Å². The van der Waals surface area contributed by atoms with E-state index in [2.05, 4.69) is 4.90 Å². The zero-order chi connectivity index (χ0) is 14.7. The van der Waals surface area contributed by atoms with Crippen LogP contribution in [-0.4, -0.2) is 34.5 Å². The summed E-state index contributed by atoms with van der Waals surface area (Å²) in [6.45, 7) is 3.60. The third-order valence-corrected chi connectivity index (χ3v) is 3.91. The molecular formula is C15H20N2O3. The molecule has 5 nitrogen and oxygen atoms in total. The Bertz CT molecular complexity index is 528. The lowest BCUT2D eigenvalue weighted by Gasteiger charge is -2.24. The van der Waals surface area contributed by atoms with E-state index < -0.39 is 11.9 Å². The van der Waals surface area contributed by atoms with Crippen molar-refractivity contribution in [2.45, 2.75) is 38.8 Å². The average molecular weight is 276 g/mol. The standard InChI is InChI=1S/C15H20N2O3/c1-10-7-11(15(16)20)4-5-12(10)9-17-6-2-3-13(17)8-14(18)19/h4-5,7,13H,2-3,6,8-9H2,1H3,(H2,16,20)(H,18,19). The second kappa shape index (κ2) is 6.05. The molecule has 1 fully saturated rings. The van der Waals surface area contributed by atoms with Crippen molar-refractivity contribution in [2.24, 2.45) is 5.73 Å². The molecular weight excluding hydrogens is 256 g/mol. The van der Waals surface area contributed by atoms with Crippen LogP contribution in [-0.2, 0) is 11.3 Å². The minimum Gasteiger partial charge on any atom is -0.481 e. The normalized spacial score (nSPS) is 19.1. The highest BCUT2D eigenvalue weighted by Crippen LogP contribution is 2.24. The summed E-state index contributed by atoms with van der Waals surface area (Å²) in [5.41, 5.74) is 7.90. The minimum atomic E-state index is -0.748. The number of carbonyl (C=O) groups is 2.